The van der Waals surface area contributed by atoms with Crippen molar-refractivity contribution in [2.45, 2.75) is 13.5 Å². The topological polar surface area (TPSA) is 110 Å². The van der Waals surface area contributed by atoms with Crippen molar-refractivity contribution in [3.63, 3.8) is 0 Å². The van der Waals surface area contributed by atoms with E-state index in [1.165, 1.54) is 6.21 Å². The van der Waals surface area contributed by atoms with Gasteiger partial charge in [0.2, 0.25) is 0 Å². The van der Waals surface area contributed by atoms with Crippen molar-refractivity contribution < 1.29 is 14.3 Å². The molecular formula is C18H18N4O3. The Balaban J connectivity index is 2.15. The van der Waals surface area contributed by atoms with Crippen LogP contribution in [-0.2, 0) is 6.61 Å². The van der Waals surface area contributed by atoms with Crippen molar-refractivity contribution in [2.24, 2.45) is 10.8 Å². The number of hydrogen-bond donors (Lipinski definition) is 2. The summed E-state index contributed by atoms with van der Waals surface area (Å²) >= 11 is 0. The molecule has 0 unspecified atom stereocenters. The predicted molar refractivity (Wildman–Crippen MR) is 93.4 cm³/mol. The highest BCUT2D eigenvalue weighted by Gasteiger charge is 2.08. The van der Waals surface area contributed by atoms with E-state index in [4.69, 9.17) is 20.5 Å². The summed E-state index contributed by atoms with van der Waals surface area (Å²) in [6.45, 7) is 2.58. The molecule has 0 atom stereocenters. The molecule has 0 saturated heterocycles. The second-order valence-corrected chi connectivity index (χ2v) is 4.93. The van der Waals surface area contributed by atoms with Crippen LogP contribution in [0.1, 0.15) is 23.6 Å². The summed E-state index contributed by atoms with van der Waals surface area (Å²) in [5.41, 5.74) is 9.15. The Labute approximate surface area is 145 Å². The standard InChI is InChI=1S/C18H18N4O3/c1-2-24-17-9-13(11-21-22-18(20)23)7-8-16(17)25-12-15-6-4-3-5-14(15)10-19/h3-9,11H,2,12H2,1H3,(H3,20,22,23)/b21-11+. The number of nitriles is 1. The zero-order valence-corrected chi connectivity index (χ0v) is 13.7. The molecule has 0 bridgehead atoms. The molecule has 2 aromatic rings. The molecule has 2 aromatic carbocycles. The quantitative estimate of drug-likeness (QED) is 0.597. The molecule has 0 radical (unpaired) electrons. The Kier molecular flexibility index (Phi) is 6.37. The normalized spacial score (nSPS) is 10.2. The number of benzene rings is 2. The van der Waals surface area contributed by atoms with Gasteiger partial charge in [-0.25, -0.2) is 10.2 Å². The molecule has 0 aliphatic carbocycles. The summed E-state index contributed by atoms with van der Waals surface area (Å²) in [7, 11) is 0. The lowest BCUT2D eigenvalue weighted by Crippen LogP contribution is -2.24. The second-order valence-electron chi connectivity index (χ2n) is 4.93. The smallest absolute Gasteiger partial charge is 0.332 e. The lowest BCUT2D eigenvalue weighted by Gasteiger charge is -2.13. The third-order valence-electron chi connectivity index (χ3n) is 3.18. The van der Waals surface area contributed by atoms with Gasteiger partial charge < -0.3 is 15.2 Å². The highest BCUT2D eigenvalue weighted by molar-refractivity contribution is 5.82. The van der Waals surface area contributed by atoms with Crippen molar-refractivity contribution in [1.29, 1.82) is 5.26 Å². The third kappa shape index (κ3) is 5.25. The van der Waals surface area contributed by atoms with Crippen molar-refractivity contribution in [2.75, 3.05) is 6.61 Å². The summed E-state index contributed by atoms with van der Waals surface area (Å²) < 4.78 is 11.4. The fraction of sp³-hybridized carbons (Fsp3) is 0.167. The molecule has 2 amide bonds. The number of urea groups is 1. The van der Waals surface area contributed by atoms with Crippen LogP contribution in [0, 0.1) is 11.3 Å². The van der Waals surface area contributed by atoms with Crippen LogP contribution in [0.25, 0.3) is 0 Å². The van der Waals surface area contributed by atoms with Crippen LogP contribution in [0.4, 0.5) is 4.79 Å². The van der Waals surface area contributed by atoms with Gasteiger partial charge in [0, 0.05) is 5.56 Å². The van der Waals surface area contributed by atoms with Crippen molar-refractivity contribution in [3.8, 4) is 17.6 Å². The Bertz CT molecular complexity index is 812. The molecule has 0 aliphatic rings. The largest absolute Gasteiger partial charge is 0.490 e. The van der Waals surface area contributed by atoms with Crippen LogP contribution in [0.15, 0.2) is 47.6 Å². The Morgan fingerprint density at radius 2 is 2.08 bits per heavy atom. The fourth-order valence-electron chi connectivity index (χ4n) is 2.07. The number of carbonyl (C=O) groups excluding carboxylic acids is 1. The monoisotopic (exact) mass is 338 g/mol. The summed E-state index contributed by atoms with van der Waals surface area (Å²) in [5, 5.41) is 12.8. The van der Waals surface area contributed by atoms with E-state index in [1.807, 2.05) is 25.1 Å². The number of nitrogens with one attached hydrogen (secondary N) is 1. The molecule has 0 aromatic heterocycles. The van der Waals surface area contributed by atoms with E-state index in [-0.39, 0.29) is 6.61 Å². The molecule has 0 spiro atoms. The maximum absolute atomic E-state index is 10.6. The summed E-state index contributed by atoms with van der Waals surface area (Å²) in [6.07, 6.45) is 1.45. The minimum absolute atomic E-state index is 0.250. The first kappa shape index (κ1) is 17.8. The van der Waals surface area contributed by atoms with Gasteiger partial charge in [0.15, 0.2) is 11.5 Å². The van der Waals surface area contributed by atoms with E-state index in [2.05, 4.69) is 16.6 Å². The highest BCUT2D eigenvalue weighted by Crippen LogP contribution is 2.29. The first-order chi connectivity index (χ1) is 12.1. The number of amides is 2. The van der Waals surface area contributed by atoms with E-state index < -0.39 is 6.03 Å². The lowest BCUT2D eigenvalue weighted by atomic mass is 10.1. The molecular weight excluding hydrogens is 320 g/mol. The summed E-state index contributed by atoms with van der Waals surface area (Å²) in [4.78, 5) is 10.6. The minimum atomic E-state index is -0.739. The van der Waals surface area contributed by atoms with Gasteiger partial charge in [-0.3, -0.25) is 0 Å². The fourth-order valence-corrected chi connectivity index (χ4v) is 2.07. The summed E-state index contributed by atoms with van der Waals surface area (Å²) in [6, 6.07) is 13.9. The SMILES string of the molecule is CCOc1cc(/C=N/NC(N)=O)ccc1OCc1ccccc1C#N. The molecule has 7 heteroatoms. The van der Waals surface area contributed by atoms with E-state index in [1.54, 1.807) is 24.3 Å². The molecule has 0 saturated carbocycles. The van der Waals surface area contributed by atoms with Crippen molar-refractivity contribution in [3.05, 3.63) is 59.2 Å². The van der Waals surface area contributed by atoms with Gasteiger partial charge in [0.05, 0.1) is 24.5 Å². The van der Waals surface area contributed by atoms with Gasteiger partial charge in [-0.1, -0.05) is 18.2 Å². The van der Waals surface area contributed by atoms with Gasteiger partial charge >= 0.3 is 6.03 Å². The molecule has 0 aliphatic heterocycles. The van der Waals surface area contributed by atoms with Crippen LogP contribution in [0.2, 0.25) is 0 Å². The van der Waals surface area contributed by atoms with E-state index in [0.29, 0.717) is 29.2 Å². The molecule has 0 fully saturated rings. The Hall–Kier alpha value is -3.53. The first-order valence-corrected chi connectivity index (χ1v) is 7.60. The van der Waals surface area contributed by atoms with Crippen LogP contribution in [-0.4, -0.2) is 18.9 Å². The highest BCUT2D eigenvalue weighted by atomic mass is 16.5. The number of carbonyl (C=O) groups is 1. The van der Waals surface area contributed by atoms with Gasteiger partial charge in [-0.15, -0.1) is 0 Å². The maximum atomic E-state index is 10.6. The molecule has 2 rings (SSSR count). The zero-order chi connectivity index (χ0) is 18.1. The average Bonchev–Trinajstić information content (AvgIpc) is 2.61. The number of hydrazone groups is 1. The van der Waals surface area contributed by atoms with Crippen LogP contribution >= 0.6 is 0 Å². The second kappa shape index (κ2) is 8.93. The number of ether oxygens (including phenoxy) is 2. The number of rotatable bonds is 7. The van der Waals surface area contributed by atoms with E-state index in [9.17, 15) is 4.79 Å². The predicted octanol–water partition coefficient (Wildman–Crippen LogP) is 2.54. The third-order valence-corrected chi connectivity index (χ3v) is 3.18. The molecule has 128 valence electrons. The van der Waals surface area contributed by atoms with Crippen molar-refractivity contribution in [1.82, 2.24) is 5.43 Å². The number of primary amides is 1. The van der Waals surface area contributed by atoms with E-state index >= 15 is 0 Å². The van der Waals surface area contributed by atoms with Crippen LogP contribution < -0.4 is 20.6 Å². The Morgan fingerprint density at radius 1 is 1.28 bits per heavy atom. The average molecular weight is 338 g/mol. The van der Waals surface area contributed by atoms with Gasteiger partial charge in [-0.05, 0) is 36.8 Å². The molecule has 0 heterocycles. The van der Waals surface area contributed by atoms with Gasteiger partial charge in [0.1, 0.15) is 6.61 Å². The maximum Gasteiger partial charge on any atom is 0.332 e. The van der Waals surface area contributed by atoms with E-state index in [0.717, 1.165) is 5.56 Å². The minimum Gasteiger partial charge on any atom is -0.490 e. The van der Waals surface area contributed by atoms with Crippen molar-refractivity contribution >= 4 is 12.2 Å². The van der Waals surface area contributed by atoms with Crippen LogP contribution in [0.3, 0.4) is 0 Å². The molecule has 3 N–H and O–H groups in total. The van der Waals surface area contributed by atoms with Crippen LogP contribution in [0.5, 0.6) is 11.5 Å². The van der Waals surface area contributed by atoms with Gasteiger partial charge in [-0.2, -0.15) is 10.4 Å². The zero-order valence-electron chi connectivity index (χ0n) is 13.7. The Morgan fingerprint density at radius 3 is 2.80 bits per heavy atom. The molecule has 7 nitrogen and oxygen atoms in total. The number of nitrogens with zero attached hydrogens (tertiary/aromatic N) is 2. The number of nitrogens with two attached hydrogens (primary N) is 1. The van der Waals surface area contributed by atoms with Gasteiger partial charge in [0.25, 0.3) is 0 Å². The number of hydrogen-bond acceptors (Lipinski definition) is 5. The molecule has 25 heavy (non-hydrogen) atoms. The summed E-state index contributed by atoms with van der Waals surface area (Å²) in [5.74, 6) is 1.09. The lowest BCUT2D eigenvalue weighted by molar-refractivity contribution is 0.249. The first-order valence-electron chi connectivity index (χ1n) is 7.60.